The molecule has 1 rings (SSSR count). The van der Waals surface area contributed by atoms with E-state index in [4.69, 9.17) is 29.2 Å². The van der Waals surface area contributed by atoms with Gasteiger partial charge < -0.3 is 65.9 Å². The average Bonchev–Trinajstić information content (AvgIpc) is 2.74. The molecular weight excluding hydrogens is 532 g/mol. The first-order chi connectivity index (χ1) is 17.3. The van der Waals surface area contributed by atoms with Crippen LogP contribution in [0.5, 0.6) is 0 Å². The van der Waals surface area contributed by atoms with Crippen molar-refractivity contribution < 1.29 is 65.9 Å². The minimum Gasteiger partial charge on any atom is -1.00 e. The Labute approximate surface area is 244 Å². The van der Waals surface area contributed by atoms with Gasteiger partial charge in [-0.05, 0) is 33.6 Å². The fourth-order valence-electron chi connectivity index (χ4n) is 3.76. The molecule has 0 aliphatic carbocycles. The summed E-state index contributed by atoms with van der Waals surface area (Å²) in [5.74, 6) is 0. The molecule has 11 nitrogen and oxygen atoms in total. The summed E-state index contributed by atoms with van der Waals surface area (Å²) >= 11 is 0. The molecule has 1 aliphatic rings. The van der Waals surface area contributed by atoms with Gasteiger partial charge in [0, 0.05) is 7.11 Å². The summed E-state index contributed by atoms with van der Waals surface area (Å²) in [7, 11) is 13.6. The first-order valence-corrected chi connectivity index (χ1v) is 13.7. The van der Waals surface area contributed by atoms with Gasteiger partial charge >= 0.3 is 0 Å². The van der Waals surface area contributed by atoms with Gasteiger partial charge in [-0.15, -0.1) is 0 Å². The third kappa shape index (κ3) is 23.1. The molecule has 0 spiro atoms. The fourth-order valence-corrected chi connectivity index (χ4v) is 3.76. The Balaban J connectivity index is -0.000000767. The van der Waals surface area contributed by atoms with Gasteiger partial charge in [0.2, 0.25) is 0 Å². The van der Waals surface area contributed by atoms with Crippen LogP contribution in [0.25, 0.3) is 0 Å². The van der Waals surface area contributed by atoms with E-state index in [1.165, 1.54) is 7.11 Å². The third-order valence-corrected chi connectivity index (χ3v) is 5.42. The molecule has 0 bridgehead atoms. The van der Waals surface area contributed by atoms with Crippen LogP contribution in [0.3, 0.4) is 0 Å². The summed E-state index contributed by atoms with van der Waals surface area (Å²) in [5.41, 5.74) is 0. The SMILES string of the molecule is CC(O)C[N+](C)(C)C.CCC(C)O.CCC1OC(OC)C(O)C(OCC(O)C[N+](C)(C)C)C1OCC(C)O.[Cl-]. The molecule has 0 aromatic carbocycles. The Morgan fingerprint density at radius 3 is 1.51 bits per heavy atom. The monoisotopic (exact) mass is 593 g/mol. The van der Waals surface area contributed by atoms with Crippen molar-refractivity contribution in [2.24, 2.45) is 0 Å². The maximum atomic E-state index is 10.5. The van der Waals surface area contributed by atoms with E-state index in [1.54, 1.807) is 13.8 Å². The molecule has 1 heterocycles. The van der Waals surface area contributed by atoms with Crippen LogP contribution >= 0.6 is 0 Å². The van der Waals surface area contributed by atoms with Crippen molar-refractivity contribution in [3.63, 3.8) is 0 Å². The summed E-state index contributed by atoms with van der Waals surface area (Å²) in [5, 5.41) is 47.4. The van der Waals surface area contributed by atoms with Crippen LogP contribution in [0.15, 0.2) is 0 Å². The van der Waals surface area contributed by atoms with Crippen molar-refractivity contribution >= 4 is 0 Å². The van der Waals surface area contributed by atoms with Gasteiger partial charge in [0.1, 0.15) is 43.6 Å². The minimum atomic E-state index is -1.05. The van der Waals surface area contributed by atoms with Crippen molar-refractivity contribution in [1.82, 2.24) is 0 Å². The second kappa shape index (κ2) is 21.5. The normalized spacial score (nSPS) is 26.5. The van der Waals surface area contributed by atoms with Crippen molar-refractivity contribution in [3.05, 3.63) is 0 Å². The first-order valence-electron chi connectivity index (χ1n) is 13.7. The molecule has 12 heteroatoms. The van der Waals surface area contributed by atoms with Crippen molar-refractivity contribution in [2.45, 2.75) is 103 Å². The second-order valence-corrected chi connectivity index (χ2v) is 12.3. The minimum absolute atomic E-state index is 0. The highest BCUT2D eigenvalue weighted by molar-refractivity contribution is 4.91. The van der Waals surface area contributed by atoms with Gasteiger partial charge in [-0.1, -0.05) is 13.8 Å². The molecule has 1 fully saturated rings. The molecule has 5 N–H and O–H groups in total. The third-order valence-electron chi connectivity index (χ3n) is 5.42. The molecule has 0 amide bonds. The van der Waals surface area contributed by atoms with E-state index in [0.29, 0.717) is 17.4 Å². The lowest BCUT2D eigenvalue weighted by atomic mass is 9.96. The topological polar surface area (TPSA) is 138 Å². The van der Waals surface area contributed by atoms with E-state index in [2.05, 4.69) is 21.1 Å². The summed E-state index contributed by atoms with van der Waals surface area (Å²) in [4.78, 5) is 0. The van der Waals surface area contributed by atoms with E-state index in [0.717, 1.165) is 17.4 Å². The van der Waals surface area contributed by atoms with E-state index in [9.17, 15) is 15.3 Å². The van der Waals surface area contributed by atoms with E-state index in [1.807, 2.05) is 41.9 Å². The number of methoxy groups -OCH3 is 1. The van der Waals surface area contributed by atoms with Gasteiger partial charge in [0.05, 0.1) is 73.8 Å². The van der Waals surface area contributed by atoms with Crippen LogP contribution in [0.4, 0.5) is 0 Å². The number of quaternary nitrogens is 2. The van der Waals surface area contributed by atoms with Crippen molar-refractivity contribution in [2.75, 3.05) is 75.7 Å². The molecule has 1 saturated heterocycles. The average molecular weight is 594 g/mol. The molecular formula is C27H62ClN2O9+. The van der Waals surface area contributed by atoms with Crippen LogP contribution in [-0.4, -0.2) is 165 Å². The van der Waals surface area contributed by atoms with Gasteiger partial charge in [0.25, 0.3) is 0 Å². The standard InChI is InChI=1S/C17H36NO7.C6H16NO.C4H10O.ClH/c1-7-13-15(23-9-11(2)19)16(14(21)17(22-6)25-13)24-10-12(20)8-18(3,4)5;1-6(8)5-7(2,3)4;1-3-4(2)5;/h11-17,19-21H,7-10H2,1-6H3;6,8H,5H2,1-4H3;4-5H,3H2,1-2H3;1H/q2*+1;;/p-1. The van der Waals surface area contributed by atoms with E-state index < -0.39 is 36.8 Å². The Morgan fingerprint density at radius 1 is 0.744 bits per heavy atom. The van der Waals surface area contributed by atoms with Crippen LogP contribution < -0.4 is 12.4 Å². The van der Waals surface area contributed by atoms with Gasteiger partial charge in [-0.3, -0.25) is 0 Å². The van der Waals surface area contributed by atoms with E-state index >= 15 is 0 Å². The number of hydrogen-bond acceptors (Lipinski definition) is 9. The van der Waals surface area contributed by atoms with Gasteiger partial charge in [-0.2, -0.15) is 0 Å². The number of nitrogens with zero attached hydrogens (tertiary/aromatic N) is 2. The molecule has 240 valence electrons. The van der Waals surface area contributed by atoms with Crippen LogP contribution in [0.2, 0.25) is 0 Å². The lowest BCUT2D eigenvalue weighted by molar-refractivity contribution is -0.873. The number of halogens is 1. The molecule has 1 aliphatic heterocycles. The zero-order valence-corrected chi connectivity index (χ0v) is 27.3. The maximum Gasteiger partial charge on any atom is 0.186 e. The smallest absolute Gasteiger partial charge is 0.186 e. The second-order valence-electron chi connectivity index (χ2n) is 12.3. The molecule has 0 aromatic heterocycles. The van der Waals surface area contributed by atoms with Gasteiger partial charge in [-0.25, -0.2) is 0 Å². The van der Waals surface area contributed by atoms with Crippen LogP contribution in [0.1, 0.15) is 47.5 Å². The summed E-state index contributed by atoms with van der Waals surface area (Å²) in [6.07, 6.45) is -3.61. The summed E-state index contributed by atoms with van der Waals surface area (Å²) in [6, 6.07) is 0. The van der Waals surface area contributed by atoms with E-state index in [-0.39, 0.29) is 43.9 Å². The predicted molar refractivity (Wildman–Crippen MR) is 149 cm³/mol. The Bertz CT molecular complexity index is 572. The molecule has 0 saturated carbocycles. The number of aliphatic hydroxyl groups excluding tert-OH is 5. The fraction of sp³-hybridized carbons (Fsp3) is 1.00. The number of ether oxygens (including phenoxy) is 4. The zero-order valence-electron chi connectivity index (χ0n) is 26.6. The highest BCUT2D eigenvalue weighted by atomic mass is 35.5. The Hall–Kier alpha value is -0.150. The Morgan fingerprint density at radius 2 is 1.21 bits per heavy atom. The highest BCUT2D eigenvalue weighted by Gasteiger charge is 2.46. The molecule has 39 heavy (non-hydrogen) atoms. The number of likely N-dealkylation sites (N-methyl/N-ethyl adjacent to an activating group) is 2. The molecule has 9 unspecified atom stereocenters. The van der Waals surface area contributed by atoms with Crippen molar-refractivity contribution in [3.8, 4) is 0 Å². The maximum absolute atomic E-state index is 10.5. The molecule has 9 atom stereocenters. The summed E-state index contributed by atoms with van der Waals surface area (Å²) < 4.78 is 24.0. The van der Waals surface area contributed by atoms with Gasteiger partial charge in [0.15, 0.2) is 6.29 Å². The largest absolute Gasteiger partial charge is 1.00 e. The lowest BCUT2D eigenvalue weighted by Crippen LogP contribution is -3.00. The Kier molecular flexibility index (Phi) is 23.9. The quantitative estimate of drug-likeness (QED) is 0.143. The summed E-state index contributed by atoms with van der Waals surface area (Å²) in [6.45, 7) is 10.6. The number of hydrogen-bond donors (Lipinski definition) is 5. The zero-order chi connectivity index (χ0) is 30.3. The highest BCUT2D eigenvalue weighted by Crippen LogP contribution is 2.28. The number of aliphatic hydroxyl groups is 5. The molecule has 0 aromatic rings. The lowest BCUT2D eigenvalue weighted by Gasteiger charge is -2.44. The van der Waals surface area contributed by atoms with Crippen molar-refractivity contribution in [1.29, 1.82) is 0 Å². The van der Waals surface area contributed by atoms with Crippen LogP contribution in [-0.2, 0) is 18.9 Å². The first kappa shape index (κ1) is 43.3. The van der Waals surface area contributed by atoms with Crippen LogP contribution in [0, 0.1) is 0 Å². The number of rotatable bonds is 13. The predicted octanol–water partition coefficient (Wildman–Crippen LogP) is -2.80. The molecule has 0 radical (unpaired) electrons.